The van der Waals surface area contributed by atoms with E-state index in [9.17, 15) is 14.4 Å². The van der Waals surface area contributed by atoms with Crippen molar-refractivity contribution in [1.82, 2.24) is 9.55 Å². The van der Waals surface area contributed by atoms with Crippen LogP contribution in [0.25, 0.3) is 10.2 Å². The lowest BCUT2D eigenvalue weighted by atomic mass is 10.0. The van der Waals surface area contributed by atoms with Crippen LogP contribution in [0.4, 0.5) is 5.69 Å². The molecule has 2 heterocycles. The number of ketones is 1. The number of hydrogen-bond donors (Lipinski definition) is 1. The van der Waals surface area contributed by atoms with Crippen molar-refractivity contribution in [2.45, 2.75) is 6.54 Å². The van der Waals surface area contributed by atoms with Gasteiger partial charge in [-0.05, 0) is 23.6 Å². The Hall–Kier alpha value is -3.58. The van der Waals surface area contributed by atoms with Crippen LogP contribution in [0.1, 0.15) is 15.9 Å². The number of carbonyl (C=O) groups excluding carboxylic acids is 2. The van der Waals surface area contributed by atoms with E-state index in [2.05, 4.69) is 10.3 Å². The zero-order chi connectivity index (χ0) is 19.5. The third-order valence-corrected chi connectivity index (χ3v) is 5.07. The number of benzene rings is 2. The second-order valence-corrected chi connectivity index (χ2v) is 7.00. The highest BCUT2D eigenvalue weighted by atomic mass is 32.1. The van der Waals surface area contributed by atoms with Crippen molar-refractivity contribution < 1.29 is 9.59 Å². The molecule has 0 bridgehead atoms. The number of thiophene rings is 1. The van der Waals surface area contributed by atoms with E-state index >= 15 is 0 Å². The molecule has 0 aliphatic heterocycles. The Kier molecular flexibility index (Phi) is 4.82. The number of hydrogen-bond acceptors (Lipinski definition) is 5. The van der Waals surface area contributed by atoms with Crippen molar-refractivity contribution in [2.75, 3.05) is 5.32 Å². The van der Waals surface area contributed by atoms with Gasteiger partial charge >= 0.3 is 0 Å². The minimum Gasteiger partial charge on any atom is -0.324 e. The molecule has 1 N–H and O–H groups in total. The summed E-state index contributed by atoms with van der Waals surface area (Å²) in [5.74, 6) is -0.596. The van der Waals surface area contributed by atoms with Crippen molar-refractivity contribution in [3.8, 4) is 0 Å². The van der Waals surface area contributed by atoms with Gasteiger partial charge in [0, 0.05) is 11.1 Å². The van der Waals surface area contributed by atoms with Crippen molar-refractivity contribution in [1.29, 1.82) is 0 Å². The van der Waals surface area contributed by atoms with E-state index in [1.165, 1.54) is 22.2 Å². The summed E-state index contributed by atoms with van der Waals surface area (Å²) >= 11 is 1.37. The van der Waals surface area contributed by atoms with Gasteiger partial charge in [0.2, 0.25) is 5.91 Å². The van der Waals surface area contributed by atoms with E-state index in [0.29, 0.717) is 27.0 Å². The average Bonchev–Trinajstić information content (AvgIpc) is 3.20. The first-order valence-corrected chi connectivity index (χ1v) is 9.43. The van der Waals surface area contributed by atoms with E-state index in [1.807, 2.05) is 6.07 Å². The van der Waals surface area contributed by atoms with E-state index in [-0.39, 0.29) is 17.9 Å². The van der Waals surface area contributed by atoms with Gasteiger partial charge in [-0.25, -0.2) is 4.98 Å². The van der Waals surface area contributed by atoms with Crippen molar-refractivity contribution in [3.63, 3.8) is 0 Å². The van der Waals surface area contributed by atoms with Crippen LogP contribution < -0.4 is 10.9 Å². The number of para-hydroxylation sites is 1. The second kappa shape index (κ2) is 7.58. The van der Waals surface area contributed by atoms with Crippen LogP contribution in [0.2, 0.25) is 0 Å². The molecule has 0 atom stereocenters. The van der Waals surface area contributed by atoms with E-state index < -0.39 is 5.91 Å². The minimum absolute atomic E-state index is 0.185. The third-order valence-electron chi connectivity index (χ3n) is 4.25. The third kappa shape index (κ3) is 3.47. The Morgan fingerprint density at radius 2 is 1.75 bits per heavy atom. The van der Waals surface area contributed by atoms with E-state index in [0.717, 1.165) is 0 Å². The zero-order valence-corrected chi connectivity index (χ0v) is 15.5. The number of nitrogens with one attached hydrogen (secondary N) is 1. The largest absolute Gasteiger partial charge is 0.324 e. The maximum Gasteiger partial charge on any atom is 0.262 e. The van der Waals surface area contributed by atoms with Crippen LogP contribution in [0.15, 0.2) is 77.2 Å². The van der Waals surface area contributed by atoms with Gasteiger partial charge in [-0.15, -0.1) is 11.3 Å². The molecule has 0 fully saturated rings. The Bertz CT molecular complexity index is 1230. The Morgan fingerprint density at radius 3 is 2.57 bits per heavy atom. The van der Waals surface area contributed by atoms with Gasteiger partial charge in [0.05, 0.1) is 17.4 Å². The lowest BCUT2D eigenvalue weighted by molar-refractivity contribution is -0.116. The molecule has 4 rings (SSSR count). The van der Waals surface area contributed by atoms with E-state index in [1.54, 1.807) is 60.0 Å². The molecule has 0 aliphatic rings. The fraction of sp³-hybridized carbons (Fsp3) is 0.0476. The first-order valence-electron chi connectivity index (χ1n) is 8.55. The lowest BCUT2D eigenvalue weighted by Crippen LogP contribution is -2.28. The summed E-state index contributed by atoms with van der Waals surface area (Å²) in [4.78, 5) is 42.5. The van der Waals surface area contributed by atoms with Crippen LogP contribution in [0, 0.1) is 0 Å². The molecule has 2 aromatic heterocycles. The summed E-state index contributed by atoms with van der Waals surface area (Å²) in [5.41, 5.74) is 1.06. The molecule has 1 amide bonds. The van der Waals surface area contributed by atoms with Gasteiger partial charge in [-0.1, -0.05) is 42.5 Å². The number of nitrogens with zero attached hydrogens (tertiary/aromatic N) is 2. The Labute approximate surface area is 164 Å². The quantitative estimate of drug-likeness (QED) is 0.531. The molecule has 0 saturated heterocycles. The highest BCUT2D eigenvalue weighted by Gasteiger charge is 2.15. The summed E-state index contributed by atoms with van der Waals surface area (Å²) in [6.07, 6.45) is 1.36. The standard InChI is InChI=1S/C21H15N3O3S/c25-18(12-24-13-22-20-16(21(24)27)10-11-28-20)23-17-9-5-4-8-15(17)19(26)14-6-2-1-3-7-14/h1-11,13H,12H2,(H,23,25). The number of fused-ring (bicyclic) bond motifs is 1. The Morgan fingerprint density at radius 1 is 1.00 bits per heavy atom. The van der Waals surface area contributed by atoms with Crippen LogP contribution >= 0.6 is 11.3 Å². The smallest absolute Gasteiger partial charge is 0.262 e. The first kappa shape index (κ1) is 17.8. The van der Waals surface area contributed by atoms with Crippen LogP contribution in [-0.4, -0.2) is 21.2 Å². The summed E-state index contributed by atoms with van der Waals surface area (Å²) in [5, 5.41) is 5.01. The normalized spacial score (nSPS) is 10.7. The molecule has 28 heavy (non-hydrogen) atoms. The summed E-state index contributed by atoms with van der Waals surface area (Å²) in [6, 6.07) is 17.4. The van der Waals surface area contributed by atoms with Gasteiger partial charge in [0.25, 0.3) is 5.56 Å². The number of carbonyl (C=O) groups is 2. The highest BCUT2D eigenvalue weighted by molar-refractivity contribution is 7.16. The second-order valence-electron chi connectivity index (χ2n) is 6.11. The average molecular weight is 389 g/mol. The minimum atomic E-state index is -0.410. The predicted octanol–water partition coefficient (Wildman–Crippen LogP) is 3.33. The molecule has 6 nitrogen and oxygen atoms in total. The van der Waals surface area contributed by atoms with Gasteiger partial charge < -0.3 is 5.32 Å². The lowest BCUT2D eigenvalue weighted by Gasteiger charge is -2.11. The molecule has 0 radical (unpaired) electrons. The number of amides is 1. The maximum atomic E-state index is 12.8. The number of anilines is 1. The van der Waals surface area contributed by atoms with Gasteiger partial charge in [-0.2, -0.15) is 0 Å². The predicted molar refractivity (Wildman–Crippen MR) is 109 cm³/mol. The molecule has 4 aromatic rings. The fourth-order valence-electron chi connectivity index (χ4n) is 2.89. The molecular weight excluding hydrogens is 374 g/mol. The van der Waals surface area contributed by atoms with Crippen molar-refractivity contribution >= 4 is 38.9 Å². The zero-order valence-electron chi connectivity index (χ0n) is 14.7. The summed E-state index contributed by atoms with van der Waals surface area (Å²) in [7, 11) is 0. The van der Waals surface area contributed by atoms with E-state index in [4.69, 9.17) is 0 Å². The topological polar surface area (TPSA) is 81.1 Å². The summed E-state index contributed by atoms with van der Waals surface area (Å²) in [6.45, 7) is -0.189. The van der Waals surface area contributed by atoms with Crippen LogP contribution in [0.5, 0.6) is 0 Å². The SMILES string of the molecule is O=C(Cn1cnc2sccc2c1=O)Nc1ccccc1C(=O)c1ccccc1. The van der Waals surface area contributed by atoms with Gasteiger partial charge in [0.1, 0.15) is 11.4 Å². The number of rotatable bonds is 5. The molecule has 0 aliphatic carbocycles. The van der Waals surface area contributed by atoms with Gasteiger partial charge in [0.15, 0.2) is 5.78 Å². The van der Waals surface area contributed by atoms with Crippen LogP contribution in [0.3, 0.4) is 0 Å². The molecule has 2 aromatic carbocycles. The number of aromatic nitrogens is 2. The Balaban J connectivity index is 1.57. The highest BCUT2D eigenvalue weighted by Crippen LogP contribution is 2.19. The summed E-state index contributed by atoms with van der Waals surface area (Å²) < 4.78 is 1.26. The monoisotopic (exact) mass is 389 g/mol. The first-order chi connectivity index (χ1) is 13.6. The fourth-order valence-corrected chi connectivity index (χ4v) is 3.61. The van der Waals surface area contributed by atoms with Gasteiger partial charge in [-0.3, -0.25) is 19.0 Å². The molecule has 0 unspecified atom stereocenters. The molecule has 0 spiro atoms. The molecule has 7 heteroatoms. The molecule has 138 valence electrons. The molecular formula is C21H15N3O3S. The molecule has 0 saturated carbocycles. The van der Waals surface area contributed by atoms with Crippen molar-refractivity contribution in [3.05, 3.63) is 93.9 Å². The van der Waals surface area contributed by atoms with Crippen LogP contribution in [-0.2, 0) is 11.3 Å². The maximum absolute atomic E-state index is 12.8. The van der Waals surface area contributed by atoms with Crippen molar-refractivity contribution in [2.24, 2.45) is 0 Å².